The molecular formula is C12H13ClO2. The number of benzene rings is 1. The zero-order chi connectivity index (χ0) is 11.3. The second-order valence-electron chi connectivity index (χ2n) is 3.26. The lowest BCUT2D eigenvalue weighted by atomic mass is 10.0. The number of carbonyl (C=O) groups is 1. The van der Waals surface area contributed by atoms with Crippen molar-refractivity contribution in [3.8, 4) is 0 Å². The van der Waals surface area contributed by atoms with Crippen molar-refractivity contribution >= 4 is 23.6 Å². The number of carboxylic acids is 1. The van der Waals surface area contributed by atoms with Gasteiger partial charge in [0.25, 0.3) is 0 Å². The van der Waals surface area contributed by atoms with Gasteiger partial charge in [-0.2, -0.15) is 0 Å². The molecule has 0 heterocycles. The molecule has 0 amide bonds. The van der Waals surface area contributed by atoms with Crippen LogP contribution in [-0.2, 0) is 0 Å². The van der Waals surface area contributed by atoms with E-state index in [0.717, 1.165) is 17.5 Å². The molecule has 0 aromatic heterocycles. The number of hydrogen-bond acceptors (Lipinski definition) is 1. The van der Waals surface area contributed by atoms with Gasteiger partial charge in [-0.15, -0.1) is 11.6 Å². The average molecular weight is 225 g/mol. The Morgan fingerprint density at radius 3 is 2.87 bits per heavy atom. The number of allylic oxidation sites excluding steroid dienone is 1. The maximum absolute atomic E-state index is 10.7. The van der Waals surface area contributed by atoms with Crippen LogP contribution >= 0.6 is 11.6 Å². The van der Waals surface area contributed by atoms with Gasteiger partial charge in [-0.05, 0) is 36.6 Å². The molecular weight excluding hydrogens is 212 g/mol. The van der Waals surface area contributed by atoms with Crippen molar-refractivity contribution in [2.45, 2.75) is 13.3 Å². The molecule has 1 N–H and O–H groups in total. The summed E-state index contributed by atoms with van der Waals surface area (Å²) in [5, 5.41) is 8.83. The van der Waals surface area contributed by atoms with Gasteiger partial charge < -0.3 is 5.11 Å². The van der Waals surface area contributed by atoms with Crippen LogP contribution in [0.1, 0.15) is 27.9 Å². The molecule has 1 aromatic carbocycles. The molecule has 0 radical (unpaired) electrons. The van der Waals surface area contributed by atoms with E-state index < -0.39 is 5.97 Å². The number of alkyl halides is 1. The third kappa shape index (κ3) is 3.40. The minimum atomic E-state index is -0.901. The molecule has 0 spiro atoms. The Morgan fingerprint density at radius 2 is 2.27 bits per heavy atom. The van der Waals surface area contributed by atoms with Gasteiger partial charge in [-0.3, -0.25) is 0 Å². The second-order valence-corrected chi connectivity index (χ2v) is 3.63. The van der Waals surface area contributed by atoms with Gasteiger partial charge in [0.1, 0.15) is 0 Å². The van der Waals surface area contributed by atoms with Crippen molar-refractivity contribution in [3.63, 3.8) is 0 Å². The Hall–Kier alpha value is -1.28. The van der Waals surface area contributed by atoms with E-state index in [1.54, 1.807) is 12.1 Å². The van der Waals surface area contributed by atoms with Gasteiger partial charge in [0.15, 0.2) is 0 Å². The Labute approximate surface area is 94.2 Å². The van der Waals surface area contributed by atoms with Gasteiger partial charge in [-0.1, -0.05) is 18.2 Å². The van der Waals surface area contributed by atoms with Crippen molar-refractivity contribution in [2.24, 2.45) is 0 Å². The van der Waals surface area contributed by atoms with Crippen molar-refractivity contribution in [1.82, 2.24) is 0 Å². The summed E-state index contributed by atoms with van der Waals surface area (Å²) >= 11 is 5.54. The third-order valence-electron chi connectivity index (χ3n) is 2.10. The summed E-state index contributed by atoms with van der Waals surface area (Å²) in [6.07, 6.45) is 4.64. The summed E-state index contributed by atoms with van der Waals surface area (Å²) in [5.41, 5.74) is 2.30. The molecule has 0 atom stereocenters. The predicted octanol–water partition coefficient (Wildman–Crippen LogP) is 3.34. The van der Waals surface area contributed by atoms with Crippen molar-refractivity contribution in [2.75, 3.05) is 5.88 Å². The molecule has 80 valence electrons. The highest BCUT2D eigenvalue weighted by atomic mass is 35.5. The second kappa shape index (κ2) is 5.56. The Kier molecular flexibility index (Phi) is 4.37. The van der Waals surface area contributed by atoms with Crippen LogP contribution in [0.25, 0.3) is 6.08 Å². The van der Waals surface area contributed by atoms with Crippen LogP contribution in [0.5, 0.6) is 0 Å². The van der Waals surface area contributed by atoms with Crippen LogP contribution in [0.2, 0.25) is 0 Å². The van der Waals surface area contributed by atoms with Crippen LogP contribution in [0.3, 0.4) is 0 Å². The van der Waals surface area contributed by atoms with E-state index in [1.165, 1.54) is 0 Å². The first-order valence-electron chi connectivity index (χ1n) is 4.71. The quantitative estimate of drug-likeness (QED) is 0.797. The first-order chi connectivity index (χ1) is 7.15. The molecule has 3 heteroatoms. The van der Waals surface area contributed by atoms with Crippen LogP contribution in [0, 0.1) is 6.92 Å². The van der Waals surface area contributed by atoms with E-state index in [2.05, 4.69) is 0 Å². The lowest BCUT2D eigenvalue weighted by Gasteiger charge is -2.01. The molecule has 0 saturated carbocycles. The smallest absolute Gasteiger partial charge is 0.335 e. The first-order valence-corrected chi connectivity index (χ1v) is 5.25. The highest BCUT2D eigenvalue weighted by molar-refractivity contribution is 6.17. The maximum Gasteiger partial charge on any atom is 0.335 e. The standard InChI is InChI=1S/C12H13ClO2/c1-9-5-6-11(12(14)15)8-10(9)4-2-3-7-13/h2,4-6,8H,3,7H2,1H3,(H,14,15). The van der Waals surface area contributed by atoms with Crippen LogP contribution in [0.15, 0.2) is 24.3 Å². The van der Waals surface area contributed by atoms with Crippen LogP contribution in [0.4, 0.5) is 0 Å². The summed E-state index contributed by atoms with van der Waals surface area (Å²) in [4.78, 5) is 10.7. The molecule has 0 aliphatic carbocycles. The Morgan fingerprint density at radius 1 is 1.53 bits per heavy atom. The van der Waals surface area contributed by atoms with Crippen LogP contribution < -0.4 is 0 Å². The number of rotatable bonds is 4. The number of aromatic carboxylic acids is 1. The lowest BCUT2D eigenvalue weighted by molar-refractivity contribution is 0.0697. The monoisotopic (exact) mass is 224 g/mol. The molecule has 0 fully saturated rings. The minimum Gasteiger partial charge on any atom is -0.478 e. The van der Waals surface area contributed by atoms with Crippen LogP contribution in [-0.4, -0.2) is 17.0 Å². The third-order valence-corrected chi connectivity index (χ3v) is 2.32. The zero-order valence-corrected chi connectivity index (χ0v) is 9.29. The van der Waals surface area contributed by atoms with Gasteiger partial charge in [0.05, 0.1) is 5.56 Å². The molecule has 0 aliphatic rings. The maximum atomic E-state index is 10.7. The van der Waals surface area contributed by atoms with Gasteiger partial charge in [0, 0.05) is 5.88 Å². The highest BCUT2D eigenvalue weighted by Gasteiger charge is 2.03. The van der Waals surface area contributed by atoms with E-state index in [4.69, 9.17) is 16.7 Å². The molecule has 1 aromatic rings. The van der Waals surface area contributed by atoms with Gasteiger partial charge in [-0.25, -0.2) is 4.79 Å². The van der Waals surface area contributed by atoms with Crippen molar-refractivity contribution in [1.29, 1.82) is 0 Å². The molecule has 0 saturated heterocycles. The normalized spacial score (nSPS) is 10.8. The lowest BCUT2D eigenvalue weighted by Crippen LogP contribution is -1.97. The number of halogens is 1. The Balaban J connectivity index is 2.95. The molecule has 2 nitrogen and oxygen atoms in total. The van der Waals surface area contributed by atoms with E-state index in [9.17, 15) is 4.79 Å². The summed E-state index contributed by atoms with van der Waals surface area (Å²) in [6, 6.07) is 5.09. The van der Waals surface area contributed by atoms with Crippen molar-refractivity contribution in [3.05, 3.63) is 41.0 Å². The van der Waals surface area contributed by atoms with E-state index in [0.29, 0.717) is 11.4 Å². The number of aryl methyl sites for hydroxylation is 1. The molecule has 0 aliphatic heterocycles. The largest absolute Gasteiger partial charge is 0.478 e. The van der Waals surface area contributed by atoms with Gasteiger partial charge in [0.2, 0.25) is 0 Å². The molecule has 15 heavy (non-hydrogen) atoms. The summed E-state index contributed by atoms with van der Waals surface area (Å²) in [7, 11) is 0. The fraction of sp³-hybridized carbons (Fsp3) is 0.250. The number of hydrogen-bond donors (Lipinski definition) is 1. The summed E-state index contributed by atoms with van der Waals surface area (Å²) < 4.78 is 0. The molecule has 0 bridgehead atoms. The van der Waals surface area contributed by atoms with Crippen molar-refractivity contribution < 1.29 is 9.90 Å². The first kappa shape index (κ1) is 11.8. The van der Waals surface area contributed by atoms with E-state index >= 15 is 0 Å². The summed E-state index contributed by atoms with van der Waals surface area (Å²) in [5.74, 6) is -0.323. The van der Waals surface area contributed by atoms with Gasteiger partial charge >= 0.3 is 5.97 Å². The zero-order valence-electron chi connectivity index (χ0n) is 8.53. The molecule has 1 rings (SSSR count). The fourth-order valence-electron chi connectivity index (χ4n) is 1.23. The minimum absolute atomic E-state index is 0.311. The predicted molar refractivity (Wildman–Crippen MR) is 62.5 cm³/mol. The Bertz CT molecular complexity index is 383. The topological polar surface area (TPSA) is 37.3 Å². The number of carboxylic acid groups (broad SMARTS) is 1. The molecule has 0 unspecified atom stereocenters. The fourth-order valence-corrected chi connectivity index (χ4v) is 1.35. The van der Waals surface area contributed by atoms with E-state index in [1.807, 2.05) is 25.1 Å². The average Bonchev–Trinajstić information content (AvgIpc) is 2.20. The van der Waals surface area contributed by atoms with E-state index in [-0.39, 0.29) is 0 Å². The SMILES string of the molecule is Cc1ccc(C(=O)O)cc1C=CCCCl. The summed E-state index contributed by atoms with van der Waals surface area (Å²) in [6.45, 7) is 1.95. The highest BCUT2D eigenvalue weighted by Crippen LogP contribution is 2.13.